The van der Waals surface area contributed by atoms with Crippen LogP contribution in [0.3, 0.4) is 0 Å². The van der Waals surface area contributed by atoms with Crippen molar-refractivity contribution in [3.8, 4) is 67.3 Å². The van der Waals surface area contributed by atoms with E-state index in [-0.39, 0.29) is 0 Å². The van der Waals surface area contributed by atoms with Gasteiger partial charge in [-0.25, -0.2) is 9.97 Å². The van der Waals surface area contributed by atoms with Crippen molar-refractivity contribution in [3.05, 3.63) is 253 Å². The van der Waals surface area contributed by atoms with Gasteiger partial charge >= 0.3 is 0 Å². The number of nitrogens with zero attached hydrogens (tertiary/aromatic N) is 2. The van der Waals surface area contributed by atoms with Crippen LogP contribution in [0.15, 0.2) is 231 Å². The average Bonchev–Trinajstić information content (AvgIpc) is 3.88. The van der Waals surface area contributed by atoms with Crippen LogP contribution in [0.5, 0.6) is 0 Å². The lowest BCUT2D eigenvalue weighted by atomic mass is 9.67. The first-order valence-corrected chi connectivity index (χ1v) is 22.0. The minimum atomic E-state index is -0.509. The summed E-state index contributed by atoms with van der Waals surface area (Å²) >= 11 is 1.85. The lowest BCUT2D eigenvalue weighted by molar-refractivity contribution is 0.768. The summed E-state index contributed by atoms with van der Waals surface area (Å²) in [6.07, 6.45) is 0. The molecule has 0 amide bonds. The van der Waals surface area contributed by atoms with Crippen LogP contribution in [-0.4, -0.2) is 9.97 Å². The van der Waals surface area contributed by atoms with Crippen LogP contribution in [0.25, 0.3) is 87.5 Å². The molecule has 0 saturated carbocycles. The lowest BCUT2D eigenvalue weighted by Gasteiger charge is -2.34. The molecule has 2 heterocycles. The van der Waals surface area contributed by atoms with Crippen LogP contribution in [0.4, 0.5) is 0 Å². The Morgan fingerprint density at radius 1 is 0.306 bits per heavy atom. The van der Waals surface area contributed by atoms with E-state index < -0.39 is 5.41 Å². The van der Waals surface area contributed by atoms with Gasteiger partial charge in [-0.15, -0.1) is 11.3 Å². The van der Waals surface area contributed by atoms with Crippen molar-refractivity contribution in [2.24, 2.45) is 0 Å². The molecule has 0 N–H and O–H groups in total. The third kappa shape index (κ3) is 5.85. The third-order valence-electron chi connectivity index (χ3n) is 12.6. The second-order valence-electron chi connectivity index (χ2n) is 16.1. The molecular formula is C59H38N2S. The van der Waals surface area contributed by atoms with Crippen LogP contribution in [0.2, 0.25) is 0 Å². The lowest BCUT2D eigenvalue weighted by Crippen LogP contribution is -2.28. The van der Waals surface area contributed by atoms with Gasteiger partial charge in [0.25, 0.3) is 0 Å². The topological polar surface area (TPSA) is 25.8 Å². The minimum absolute atomic E-state index is 0.509. The zero-order valence-electron chi connectivity index (χ0n) is 33.7. The predicted octanol–water partition coefficient (Wildman–Crippen LogP) is 15.5. The number of hydrogen-bond donors (Lipinski definition) is 0. The number of benzene rings is 9. The van der Waals surface area contributed by atoms with E-state index >= 15 is 0 Å². The Bertz CT molecular complexity index is 3420. The average molecular weight is 807 g/mol. The van der Waals surface area contributed by atoms with Gasteiger partial charge in [-0.3, -0.25) is 0 Å². The van der Waals surface area contributed by atoms with Crippen LogP contribution in [0, 0.1) is 0 Å². The molecule has 0 aliphatic heterocycles. The van der Waals surface area contributed by atoms with E-state index in [0.717, 1.165) is 33.6 Å². The maximum absolute atomic E-state index is 5.33. The Hall–Kier alpha value is -7.72. The molecule has 290 valence electrons. The highest BCUT2D eigenvalue weighted by Gasteiger charge is 2.46. The van der Waals surface area contributed by atoms with Gasteiger partial charge in [-0.1, -0.05) is 194 Å². The number of fused-ring (bicyclic) bond motifs is 6. The normalized spacial score (nSPS) is 12.6. The van der Waals surface area contributed by atoms with Gasteiger partial charge in [0.15, 0.2) is 5.82 Å². The van der Waals surface area contributed by atoms with Crippen molar-refractivity contribution in [3.63, 3.8) is 0 Å². The molecule has 3 heteroatoms. The minimum Gasteiger partial charge on any atom is -0.228 e. The molecule has 1 aliphatic carbocycles. The van der Waals surface area contributed by atoms with Gasteiger partial charge in [-0.05, 0) is 92.0 Å². The summed E-state index contributed by atoms with van der Waals surface area (Å²) in [6.45, 7) is 0. The summed E-state index contributed by atoms with van der Waals surface area (Å²) in [5.74, 6) is 0.696. The fraction of sp³-hybridized carbons (Fsp3) is 0.0169. The summed E-state index contributed by atoms with van der Waals surface area (Å²) in [4.78, 5) is 10.6. The molecule has 0 atom stereocenters. The molecule has 0 unspecified atom stereocenters. The fourth-order valence-electron chi connectivity index (χ4n) is 9.79. The van der Waals surface area contributed by atoms with Crippen molar-refractivity contribution in [1.29, 1.82) is 0 Å². The molecule has 0 spiro atoms. The monoisotopic (exact) mass is 806 g/mol. The molecule has 2 nitrogen and oxygen atoms in total. The Morgan fingerprint density at radius 3 is 1.55 bits per heavy atom. The van der Waals surface area contributed by atoms with Gasteiger partial charge in [0.1, 0.15) is 0 Å². The number of hydrogen-bond acceptors (Lipinski definition) is 3. The Balaban J connectivity index is 1.02. The molecule has 62 heavy (non-hydrogen) atoms. The zero-order valence-corrected chi connectivity index (χ0v) is 34.6. The molecule has 0 fully saturated rings. The van der Waals surface area contributed by atoms with E-state index in [9.17, 15) is 0 Å². The summed E-state index contributed by atoms with van der Waals surface area (Å²) in [5, 5.41) is 2.61. The first kappa shape index (κ1) is 36.2. The highest BCUT2D eigenvalue weighted by molar-refractivity contribution is 7.25. The molecule has 2 aromatic heterocycles. The maximum atomic E-state index is 5.33. The maximum Gasteiger partial charge on any atom is 0.160 e. The second-order valence-corrected chi connectivity index (χ2v) is 17.1. The molecule has 11 aromatic rings. The summed E-state index contributed by atoms with van der Waals surface area (Å²) in [5.41, 5.74) is 16.6. The summed E-state index contributed by atoms with van der Waals surface area (Å²) in [7, 11) is 0. The molecule has 0 radical (unpaired) electrons. The summed E-state index contributed by atoms with van der Waals surface area (Å²) in [6, 6.07) is 83.5. The fourth-order valence-corrected chi connectivity index (χ4v) is 10.9. The van der Waals surface area contributed by atoms with E-state index in [4.69, 9.17) is 9.97 Å². The van der Waals surface area contributed by atoms with E-state index in [1.807, 2.05) is 17.4 Å². The quantitative estimate of drug-likeness (QED) is 0.160. The van der Waals surface area contributed by atoms with Crippen molar-refractivity contribution >= 4 is 31.5 Å². The smallest absolute Gasteiger partial charge is 0.160 e. The Labute approximate surface area is 365 Å². The standard InChI is InChI=1S/C59H38N2S/c1-4-17-39(18-5-1)58-60-54(42-20-16-19-40(35-42)46-25-10-11-26-47(46)41-32-34-57-51(36-41)50-28-13-15-30-56(50)62-57)38-55(61-58)43-31-33-49-48-27-12-14-29-52(48)59(53(49)37-43,44-21-6-2-7-22-44)45-23-8-3-9-24-45/h1-38H. The van der Waals surface area contributed by atoms with Gasteiger partial charge in [0.05, 0.1) is 16.8 Å². The number of thiophene rings is 1. The molecule has 12 rings (SSSR count). The highest BCUT2D eigenvalue weighted by atomic mass is 32.1. The van der Waals surface area contributed by atoms with Gasteiger partial charge in [0.2, 0.25) is 0 Å². The van der Waals surface area contributed by atoms with Crippen molar-refractivity contribution in [2.75, 3.05) is 0 Å². The van der Waals surface area contributed by atoms with Crippen molar-refractivity contribution in [2.45, 2.75) is 5.41 Å². The van der Waals surface area contributed by atoms with Crippen LogP contribution >= 0.6 is 11.3 Å². The molecular weight excluding hydrogens is 769 g/mol. The van der Waals surface area contributed by atoms with E-state index in [1.165, 1.54) is 70.2 Å². The van der Waals surface area contributed by atoms with Crippen LogP contribution in [-0.2, 0) is 5.41 Å². The van der Waals surface area contributed by atoms with E-state index in [0.29, 0.717) is 5.82 Å². The molecule has 9 aromatic carbocycles. The predicted molar refractivity (Wildman–Crippen MR) is 259 cm³/mol. The van der Waals surface area contributed by atoms with Crippen LogP contribution in [0.1, 0.15) is 22.3 Å². The third-order valence-corrected chi connectivity index (χ3v) is 13.7. The van der Waals surface area contributed by atoms with Crippen LogP contribution < -0.4 is 0 Å². The first-order valence-electron chi connectivity index (χ1n) is 21.1. The zero-order chi connectivity index (χ0) is 41.0. The largest absolute Gasteiger partial charge is 0.228 e. The van der Waals surface area contributed by atoms with Crippen molar-refractivity contribution < 1.29 is 0 Å². The van der Waals surface area contributed by atoms with Gasteiger partial charge in [-0.2, -0.15) is 0 Å². The Kier molecular flexibility index (Phi) is 8.62. The van der Waals surface area contributed by atoms with Crippen molar-refractivity contribution in [1.82, 2.24) is 9.97 Å². The molecule has 0 saturated heterocycles. The van der Waals surface area contributed by atoms with Gasteiger partial charge in [0, 0.05) is 36.9 Å². The van der Waals surface area contributed by atoms with E-state index in [2.05, 4.69) is 224 Å². The highest BCUT2D eigenvalue weighted by Crippen LogP contribution is 2.56. The van der Waals surface area contributed by atoms with Gasteiger partial charge < -0.3 is 0 Å². The first-order chi connectivity index (χ1) is 30.7. The van der Waals surface area contributed by atoms with E-state index in [1.54, 1.807) is 0 Å². The number of aromatic nitrogens is 2. The molecule has 1 aliphatic rings. The summed E-state index contributed by atoms with van der Waals surface area (Å²) < 4.78 is 2.62. The second kappa shape index (κ2) is 14.8. The SMILES string of the molecule is c1ccc(-c2nc(-c3cccc(-c4ccccc4-c4ccc5sc6ccccc6c5c4)c3)cc(-c3ccc4c(c3)C(c3ccccc3)(c3ccccc3)c3ccccc3-4)n2)cc1. The number of rotatable bonds is 7. The Morgan fingerprint density at radius 2 is 0.823 bits per heavy atom. The molecule has 0 bridgehead atoms.